The maximum absolute atomic E-state index is 13.8. The molecular formula is C31H36F3N3O2. The molecule has 2 aliphatic carbocycles. The molecule has 0 saturated heterocycles. The SMILES string of the molecule is COc1ccc(C(NC2(C(=O)NCc3cccc(C(F)(F)F)c3)CCCCC2)=C2CCC2)cc1C(C)(C)C#N. The second kappa shape index (κ2) is 11.3. The minimum atomic E-state index is -4.44. The van der Waals surface area contributed by atoms with E-state index in [1.165, 1.54) is 11.6 Å². The Labute approximate surface area is 228 Å². The Morgan fingerprint density at radius 1 is 1.05 bits per heavy atom. The highest BCUT2D eigenvalue weighted by molar-refractivity contribution is 5.89. The van der Waals surface area contributed by atoms with Gasteiger partial charge >= 0.3 is 6.18 Å². The first-order valence-electron chi connectivity index (χ1n) is 13.5. The number of benzene rings is 2. The first-order chi connectivity index (χ1) is 18.5. The summed E-state index contributed by atoms with van der Waals surface area (Å²) in [5.74, 6) is 0.428. The normalized spacial score (nSPS) is 17.0. The summed E-state index contributed by atoms with van der Waals surface area (Å²) in [5, 5.41) is 16.4. The Morgan fingerprint density at radius 2 is 1.77 bits per heavy atom. The van der Waals surface area contributed by atoms with Crippen LogP contribution in [0, 0.1) is 11.3 Å². The van der Waals surface area contributed by atoms with Crippen LogP contribution in [0.4, 0.5) is 13.2 Å². The van der Waals surface area contributed by atoms with Crippen molar-refractivity contribution in [1.82, 2.24) is 10.6 Å². The highest BCUT2D eigenvalue weighted by atomic mass is 19.4. The van der Waals surface area contributed by atoms with E-state index < -0.39 is 22.7 Å². The van der Waals surface area contributed by atoms with E-state index in [1.54, 1.807) is 13.2 Å². The average Bonchev–Trinajstić information content (AvgIpc) is 2.90. The number of alkyl halides is 3. The van der Waals surface area contributed by atoms with Crippen molar-refractivity contribution in [3.05, 3.63) is 70.3 Å². The van der Waals surface area contributed by atoms with Crippen molar-refractivity contribution in [1.29, 1.82) is 5.26 Å². The number of ether oxygens (including phenoxy) is 1. The van der Waals surface area contributed by atoms with Crippen LogP contribution in [0.25, 0.3) is 5.70 Å². The lowest BCUT2D eigenvalue weighted by Crippen LogP contribution is -2.57. The molecule has 0 aromatic heterocycles. The molecule has 208 valence electrons. The maximum atomic E-state index is 13.8. The molecule has 4 rings (SSSR count). The van der Waals surface area contributed by atoms with Crippen molar-refractivity contribution in [3.8, 4) is 11.8 Å². The van der Waals surface area contributed by atoms with Crippen LogP contribution in [-0.4, -0.2) is 18.6 Å². The lowest BCUT2D eigenvalue weighted by molar-refractivity contribution is -0.137. The minimum Gasteiger partial charge on any atom is -0.496 e. The molecule has 39 heavy (non-hydrogen) atoms. The van der Waals surface area contributed by atoms with E-state index in [0.29, 0.717) is 24.2 Å². The van der Waals surface area contributed by atoms with Crippen LogP contribution in [0.3, 0.4) is 0 Å². The van der Waals surface area contributed by atoms with Gasteiger partial charge in [0.05, 0.1) is 24.2 Å². The number of hydrogen-bond acceptors (Lipinski definition) is 4. The van der Waals surface area contributed by atoms with E-state index in [9.17, 15) is 23.2 Å². The standard InChI is InChI=1S/C31H36F3N3O2/c1-29(2,20-35)25-18-23(13-14-26(25)39-3)27(22-10-8-11-22)37-30(15-5-4-6-16-30)28(38)36-19-21-9-7-12-24(17-21)31(32,33)34/h7,9,12-14,17-18,37H,4-6,8,10-11,15-16,19H2,1-3H3,(H,36,38). The van der Waals surface area contributed by atoms with E-state index in [-0.39, 0.29) is 12.5 Å². The molecule has 5 nitrogen and oxygen atoms in total. The monoisotopic (exact) mass is 539 g/mol. The third-order valence-electron chi connectivity index (χ3n) is 7.97. The third-order valence-corrected chi connectivity index (χ3v) is 7.97. The molecule has 0 bridgehead atoms. The summed E-state index contributed by atoms with van der Waals surface area (Å²) in [7, 11) is 1.58. The van der Waals surface area contributed by atoms with Gasteiger partial charge in [-0.05, 0) is 93.0 Å². The van der Waals surface area contributed by atoms with Crippen LogP contribution < -0.4 is 15.4 Å². The molecule has 2 fully saturated rings. The number of carbonyl (C=O) groups excluding carboxylic acids is 1. The molecule has 2 saturated carbocycles. The van der Waals surface area contributed by atoms with Gasteiger partial charge in [0, 0.05) is 17.8 Å². The van der Waals surface area contributed by atoms with E-state index in [4.69, 9.17) is 4.74 Å². The topological polar surface area (TPSA) is 74.2 Å². The van der Waals surface area contributed by atoms with Crippen LogP contribution in [0.15, 0.2) is 48.0 Å². The molecule has 0 unspecified atom stereocenters. The van der Waals surface area contributed by atoms with Gasteiger partial charge in [-0.2, -0.15) is 18.4 Å². The van der Waals surface area contributed by atoms with Crippen molar-refractivity contribution >= 4 is 11.6 Å². The minimum absolute atomic E-state index is 0.0150. The predicted octanol–water partition coefficient (Wildman–Crippen LogP) is 7.02. The Hall–Kier alpha value is -3.47. The first-order valence-corrected chi connectivity index (χ1v) is 13.5. The molecular weight excluding hydrogens is 503 g/mol. The van der Waals surface area contributed by atoms with Gasteiger partial charge in [-0.25, -0.2) is 0 Å². The Bertz CT molecular complexity index is 1280. The number of hydrogen-bond donors (Lipinski definition) is 2. The summed E-state index contributed by atoms with van der Waals surface area (Å²) in [5.41, 5.74) is 1.85. The lowest BCUT2D eigenvalue weighted by Gasteiger charge is -2.40. The molecule has 2 aromatic carbocycles. The first kappa shape index (κ1) is 28.5. The van der Waals surface area contributed by atoms with Crippen molar-refractivity contribution in [2.24, 2.45) is 0 Å². The zero-order chi connectivity index (χ0) is 28.3. The molecule has 0 aliphatic heterocycles. The van der Waals surface area contributed by atoms with E-state index in [2.05, 4.69) is 16.7 Å². The van der Waals surface area contributed by atoms with Gasteiger partial charge < -0.3 is 15.4 Å². The van der Waals surface area contributed by atoms with Crippen molar-refractivity contribution in [2.75, 3.05) is 7.11 Å². The molecule has 0 atom stereocenters. The largest absolute Gasteiger partial charge is 0.496 e. The number of methoxy groups -OCH3 is 1. The number of amides is 1. The van der Waals surface area contributed by atoms with Crippen LogP contribution in [0.1, 0.15) is 87.5 Å². The van der Waals surface area contributed by atoms with E-state index in [1.807, 2.05) is 32.0 Å². The number of allylic oxidation sites excluding steroid dienone is 1. The van der Waals surface area contributed by atoms with Crippen molar-refractivity contribution in [3.63, 3.8) is 0 Å². The third kappa shape index (κ3) is 6.24. The fraction of sp³-hybridized carbons (Fsp3) is 0.484. The van der Waals surface area contributed by atoms with Gasteiger partial charge in [0.1, 0.15) is 11.3 Å². The second-order valence-corrected chi connectivity index (χ2v) is 11.1. The zero-order valence-electron chi connectivity index (χ0n) is 22.8. The number of rotatable bonds is 8. The summed E-state index contributed by atoms with van der Waals surface area (Å²) < 4.78 is 45.1. The number of nitriles is 1. The van der Waals surface area contributed by atoms with Crippen molar-refractivity contribution in [2.45, 2.75) is 88.9 Å². The van der Waals surface area contributed by atoms with Gasteiger partial charge in [-0.3, -0.25) is 4.79 Å². The van der Waals surface area contributed by atoms with Crippen molar-refractivity contribution < 1.29 is 22.7 Å². The smallest absolute Gasteiger partial charge is 0.416 e. The zero-order valence-corrected chi connectivity index (χ0v) is 22.8. The molecule has 2 aromatic rings. The number of nitrogens with one attached hydrogen (secondary N) is 2. The number of nitrogens with zero attached hydrogens (tertiary/aromatic N) is 1. The van der Waals surface area contributed by atoms with Crippen LogP contribution in [-0.2, 0) is 22.9 Å². The number of halogens is 3. The number of carbonyl (C=O) groups is 1. The fourth-order valence-electron chi connectivity index (χ4n) is 5.39. The Morgan fingerprint density at radius 3 is 2.36 bits per heavy atom. The maximum Gasteiger partial charge on any atom is 0.416 e. The highest BCUT2D eigenvalue weighted by Gasteiger charge is 2.41. The summed E-state index contributed by atoms with van der Waals surface area (Å²) in [6.45, 7) is 3.71. The quantitative estimate of drug-likeness (QED) is 0.378. The van der Waals surface area contributed by atoms with Crippen LogP contribution in [0.5, 0.6) is 5.75 Å². The summed E-state index contributed by atoms with van der Waals surface area (Å²) in [6.07, 6.45) is 2.52. The molecule has 8 heteroatoms. The summed E-state index contributed by atoms with van der Waals surface area (Å²) >= 11 is 0. The Balaban J connectivity index is 1.64. The van der Waals surface area contributed by atoms with Gasteiger partial charge in [0.2, 0.25) is 5.91 Å². The average molecular weight is 540 g/mol. The second-order valence-electron chi connectivity index (χ2n) is 11.1. The molecule has 0 heterocycles. The molecule has 1 amide bonds. The molecule has 0 spiro atoms. The fourth-order valence-corrected chi connectivity index (χ4v) is 5.39. The van der Waals surface area contributed by atoms with Gasteiger partial charge in [0.15, 0.2) is 0 Å². The molecule has 2 aliphatic rings. The van der Waals surface area contributed by atoms with Gasteiger partial charge in [-0.15, -0.1) is 0 Å². The van der Waals surface area contributed by atoms with E-state index in [0.717, 1.165) is 67.5 Å². The Kier molecular flexibility index (Phi) is 8.29. The summed E-state index contributed by atoms with van der Waals surface area (Å²) in [4.78, 5) is 13.8. The molecule has 2 N–H and O–H groups in total. The van der Waals surface area contributed by atoms with E-state index >= 15 is 0 Å². The summed E-state index contributed by atoms with van der Waals surface area (Å²) in [6, 6.07) is 13.2. The van der Waals surface area contributed by atoms with Gasteiger partial charge in [0.25, 0.3) is 0 Å². The molecule has 0 radical (unpaired) electrons. The van der Waals surface area contributed by atoms with Crippen LogP contribution >= 0.6 is 0 Å². The highest BCUT2D eigenvalue weighted by Crippen LogP contribution is 2.40. The van der Waals surface area contributed by atoms with Crippen LogP contribution in [0.2, 0.25) is 0 Å². The predicted molar refractivity (Wildman–Crippen MR) is 145 cm³/mol. The van der Waals surface area contributed by atoms with Gasteiger partial charge in [-0.1, -0.05) is 31.4 Å². The lowest BCUT2D eigenvalue weighted by atomic mass is 9.78.